The number of hydrogen-bond acceptors (Lipinski definition) is 2. The van der Waals surface area contributed by atoms with Crippen LogP contribution in [-0.2, 0) is 9.22 Å². The fourth-order valence-electron chi connectivity index (χ4n) is 3.12. The minimum absolute atomic E-state index is 0.0548. The first-order valence-corrected chi connectivity index (χ1v) is 11.0. The molecule has 1 aliphatic heterocycles. The van der Waals surface area contributed by atoms with Gasteiger partial charge >= 0.3 is 0 Å². The molecule has 0 radical (unpaired) electrons. The molecule has 0 aromatic heterocycles. The van der Waals surface area contributed by atoms with Gasteiger partial charge in [-0.3, -0.25) is 4.79 Å². The third-order valence-corrected chi connectivity index (χ3v) is 10.2. The van der Waals surface area contributed by atoms with E-state index in [0.29, 0.717) is 12.5 Å². The number of hydrogen-bond donors (Lipinski definition) is 0. The minimum Gasteiger partial charge on any atom is -0.413 e. The van der Waals surface area contributed by atoms with E-state index in [9.17, 15) is 4.79 Å². The SMILES string of the molecule is C#CCN1C(=O)[C@H]([C@@H](C)O[Si](C)(C)C(C)(C)C)[C@H]1[C@@H]1CC1=C. The first-order chi connectivity index (χ1) is 10.0. The highest BCUT2D eigenvalue weighted by molar-refractivity contribution is 6.74. The van der Waals surface area contributed by atoms with Crippen molar-refractivity contribution in [3.8, 4) is 12.3 Å². The number of nitrogens with zero attached hydrogens (tertiary/aromatic N) is 1. The number of β-lactam (4-membered cyclic amide) rings is 1. The summed E-state index contributed by atoms with van der Waals surface area (Å²) in [5.41, 5.74) is 1.24. The van der Waals surface area contributed by atoms with E-state index in [2.05, 4.69) is 53.3 Å². The van der Waals surface area contributed by atoms with Crippen LogP contribution in [0.1, 0.15) is 34.1 Å². The lowest BCUT2D eigenvalue weighted by Crippen LogP contribution is -2.66. The number of carbonyl (C=O) groups is 1. The number of likely N-dealkylation sites (tertiary alicyclic amines) is 1. The summed E-state index contributed by atoms with van der Waals surface area (Å²) in [6.07, 6.45) is 6.37. The van der Waals surface area contributed by atoms with Gasteiger partial charge in [-0.05, 0) is 31.5 Å². The lowest BCUT2D eigenvalue weighted by molar-refractivity contribution is -0.163. The van der Waals surface area contributed by atoms with Crippen molar-refractivity contribution in [2.75, 3.05) is 6.54 Å². The minimum atomic E-state index is -1.88. The molecule has 1 saturated carbocycles. The third-order valence-electron chi connectivity index (χ3n) is 5.61. The Morgan fingerprint density at radius 1 is 1.50 bits per heavy atom. The molecule has 4 atom stereocenters. The Morgan fingerprint density at radius 2 is 2.05 bits per heavy atom. The van der Waals surface area contributed by atoms with E-state index in [1.54, 1.807) is 0 Å². The van der Waals surface area contributed by atoms with Crippen LogP contribution in [0, 0.1) is 24.2 Å². The van der Waals surface area contributed by atoms with Gasteiger partial charge in [0.05, 0.1) is 24.6 Å². The highest BCUT2D eigenvalue weighted by Gasteiger charge is 2.58. The Balaban J connectivity index is 2.12. The quantitative estimate of drug-likeness (QED) is 0.336. The smallest absolute Gasteiger partial charge is 0.231 e. The van der Waals surface area contributed by atoms with E-state index < -0.39 is 8.32 Å². The maximum Gasteiger partial charge on any atom is 0.231 e. The fourth-order valence-corrected chi connectivity index (χ4v) is 4.55. The number of terminal acetylenes is 1. The lowest BCUT2D eigenvalue weighted by atomic mass is 9.80. The molecule has 0 aromatic rings. The van der Waals surface area contributed by atoms with Gasteiger partial charge in [0.25, 0.3) is 0 Å². The Morgan fingerprint density at radius 3 is 2.45 bits per heavy atom. The van der Waals surface area contributed by atoms with Crippen molar-refractivity contribution in [3.63, 3.8) is 0 Å². The first-order valence-electron chi connectivity index (χ1n) is 8.10. The van der Waals surface area contributed by atoms with Gasteiger partial charge in [-0.15, -0.1) is 6.42 Å². The van der Waals surface area contributed by atoms with Crippen LogP contribution in [0.25, 0.3) is 0 Å². The summed E-state index contributed by atoms with van der Waals surface area (Å²) < 4.78 is 6.46. The predicted molar refractivity (Wildman–Crippen MR) is 92.8 cm³/mol. The predicted octanol–water partition coefficient (Wildman–Crippen LogP) is 3.43. The normalized spacial score (nSPS) is 29.9. The average molecular weight is 320 g/mol. The monoisotopic (exact) mass is 319 g/mol. The van der Waals surface area contributed by atoms with E-state index in [-0.39, 0.29) is 29.0 Å². The van der Waals surface area contributed by atoms with Crippen LogP contribution in [0.5, 0.6) is 0 Å². The summed E-state index contributed by atoms with van der Waals surface area (Å²) in [4.78, 5) is 14.3. The fraction of sp³-hybridized carbons (Fsp3) is 0.722. The Bertz CT molecular complexity index is 526. The highest BCUT2D eigenvalue weighted by atomic mass is 28.4. The molecule has 0 unspecified atom stereocenters. The van der Waals surface area contributed by atoms with E-state index >= 15 is 0 Å². The molecule has 1 aliphatic carbocycles. The number of rotatable bonds is 5. The summed E-state index contributed by atoms with van der Waals surface area (Å²) in [6.45, 7) is 17.6. The van der Waals surface area contributed by atoms with Crippen molar-refractivity contribution in [1.82, 2.24) is 4.90 Å². The van der Waals surface area contributed by atoms with Gasteiger partial charge in [0.2, 0.25) is 5.91 Å². The molecule has 0 spiro atoms. The molecule has 1 heterocycles. The van der Waals surface area contributed by atoms with Crippen LogP contribution >= 0.6 is 0 Å². The van der Waals surface area contributed by atoms with Crippen LogP contribution in [0.3, 0.4) is 0 Å². The Labute approximate surface area is 136 Å². The molecular formula is C18H29NO2Si. The van der Waals surface area contributed by atoms with Crippen molar-refractivity contribution >= 4 is 14.2 Å². The molecule has 1 amide bonds. The van der Waals surface area contributed by atoms with Crippen LogP contribution in [0.15, 0.2) is 12.2 Å². The second-order valence-electron chi connectivity index (χ2n) is 8.24. The average Bonchev–Trinajstić information content (AvgIpc) is 3.06. The molecule has 3 nitrogen and oxygen atoms in total. The zero-order valence-electron chi connectivity index (χ0n) is 14.8. The van der Waals surface area contributed by atoms with Crippen LogP contribution in [-0.4, -0.2) is 37.8 Å². The van der Waals surface area contributed by atoms with E-state index in [1.165, 1.54) is 5.57 Å². The van der Waals surface area contributed by atoms with Crippen LogP contribution in [0.4, 0.5) is 0 Å². The standard InChI is InChI=1S/C18H29NO2Si/c1-9-10-19-16(14-11-12(14)2)15(17(19)20)13(3)21-22(7,8)18(4,5)6/h1,13-16H,2,10-11H2,3-8H3/t13-,14-,15-,16-/m1/s1. The van der Waals surface area contributed by atoms with Gasteiger partial charge in [0, 0.05) is 5.92 Å². The molecule has 0 bridgehead atoms. The highest BCUT2D eigenvalue weighted by Crippen LogP contribution is 2.50. The van der Waals surface area contributed by atoms with E-state index in [1.807, 2.05) is 4.90 Å². The molecule has 2 aliphatic rings. The molecular weight excluding hydrogens is 290 g/mol. The van der Waals surface area contributed by atoms with Crippen molar-refractivity contribution in [2.45, 2.75) is 64.4 Å². The Hall–Kier alpha value is -1.05. The zero-order chi connectivity index (χ0) is 16.9. The van der Waals surface area contributed by atoms with Crippen LogP contribution in [0.2, 0.25) is 18.1 Å². The van der Waals surface area contributed by atoms with E-state index in [4.69, 9.17) is 10.8 Å². The van der Waals surface area contributed by atoms with Crippen molar-refractivity contribution in [1.29, 1.82) is 0 Å². The molecule has 0 aromatic carbocycles. The molecule has 2 rings (SSSR count). The first kappa shape index (κ1) is 17.3. The summed E-state index contributed by atoms with van der Waals surface area (Å²) in [7, 11) is -1.88. The number of amides is 1. The molecule has 4 heteroatoms. The van der Waals surface area contributed by atoms with Crippen LogP contribution < -0.4 is 0 Å². The molecule has 1 saturated heterocycles. The third kappa shape index (κ3) is 2.89. The second-order valence-corrected chi connectivity index (χ2v) is 13.0. The van der Waals surface area contributed by atoms with Gasteiger partial charge in [-0.2, -0.15) is 0 Å². The number of carbonyl (C=O) groups excluding carboxylic acids is 1. The van der Waals surface area contributed by atoms with E-state index in [0.717, 1.165) is 6.42 Å². The van der Waals surface area contributed by atoms with Gasteiger partial charge in [0.1, 0.15) is 0 Å². The second kappa shape index (κ2) is 5.54. The Kier molecular flexibility index (Phi) is 4.36. The summed E-state index contributed by atoms with van der Waals surface area (Å²) in [5.74, 6) is 3.10. The topological polar surface area (TPSA) is 29.5 Å². The zero-order valence-corrected chi connectivity index (χ0v) is 15.8. The summed E-state index contributed by atoms with van der Waals surface area (Å²) >= 11 is 0. The van der Waals surface area contributed by atoms with Crippen molar-refractivity contribution in [3.05, 3.63) is 12.2 Å². The van der Waals surface area contributed by atoms with Gasteiger partial charge < -0.3 is 9.33 Å². The maximum absolute atomic E-state index is 12.5. The molecule has 122 valence electrons. The summed E-state index contributed by atoms with van der Waals surface area (Å²) in [5, 5.41) is 0.144. The van der Waals surface area contributed by atoms with Gasteiger partial charge in [-0.1, -0.05) is 38.8 Å². The van der Waals surface area contributed by atoms with Gasteiger partial charge in [-0.25, -0.2) is 0 Å². The lowest BCUT2D eigenvalue weighted by Gasteiger charge is -2.51. The largest absolute Gasteiger partial charge is 0.413 e. The van der Waals surface area contributed by atoms with Gasteiger partial charge in [0.15, 0.2) is 8.32 Å². The maximum atomic E-state index is 12.5. The molecule has 0 N–H and O–H groups in total. The van der Waals surface area contributed by atoms with Crippen molar-refractivity contribution in [2.24, 2.45) is 11.8 Å². The summed E-state index contributed by atoms with van der Waals surface area (Å²) in [6, 6.07) is 0.191. The van der Waals surface area contributed by atoms with Crippen molar-refractivity contribution < 1.29 is 9.22 Å². The molecule has 2 fully saturated rings. The molecule has 22 heavy (non-hydrogen) atoms.